The maximum absolute atomic E-state index is 12.5. The molecule has 1 aliphatic heterocycles. The molecule has 0 spiro atoms. The number of hydrogen-bond acceptors (Lipinski definition) is 7. The molecule has 3 rings (SSSR count). The first-order valence-electron chi connectivity index (χ1n) is 7.50. The molecular formula is C17H12N2O5S3. The molecule has 1 fully saturated rings. The van der Waals surface area contributed by atoms with Crippen LogP contribution in [0.4, 0.5) is 5.69 Å². The Morgan fingerprint density at radius 3 is 2.74 bits per heavy atom. The van der Waals surface area contributed by atoms with E-state index in [-0.39, 0.29) is 28.0 Å². The quantitative estimate of drug-likeness (QED) is 0.388. The van der Waals surface area contributed by atoms with Crippen LogP contribution in [0.5, 0.6) is 5.75 Å². The van der Waals surface area contributed by atoms with Crippen LogP contribution in [0.2, 0.25) is 0 Å². The standard InChI is InChI=1S/C17H12N2O5S3/c20-12-4-3-9(6-11(12)16(23)24)18-14(21)8-19-15(22)13(27-17(19)25)7-10-2-1-5-26-10/h1-7,20H,8H2,(H,18,21)(H,23,24). The van der Waals surface area contributed by atoms with E-state index in [4.69, 9.17) is 17.3 Å². The number of carboxylic acids is 1. The summed E-state index contributed by atoms with van der Waals surface area (Å²) in [7, 11) is 0. The molecule has 7 nitrogen and oxygen atoms in total. The number of hydrogen-bond donors (Lipinski definition) is 3. The minimum absolute atomic E-state index is 0.190. The highest BCUT2D eigenvalue weighted by Crippen LogP contribution is 2.33. The molecule has 3 N–H and O–H groups in total. The van der Waals surface area contributed by atoms with Gasteiger partial charge >= 0.3 is 5.97 Å². The number of carbonyl (C=O) groups is 3. The number of rotatable bonds is 5. The van der Waals surface area contributed by atoms with Crippen LogP contribution < -0.4 is 5.32 Å². The van der Waals surface area contributed by atoms with Crippen molar-refractivity contribution in [2.75, 3.05) is 11.9 Å². The van der Waals surface area contributed by atoms with E-state index in [0.717, 1.165) is 22.7 Å². The van der Waals surface area contributed by atoms with E-state index in [0.29, 0.717) is 4.91 Å². The summed E-state index contributed by atoms with van der Waals surface area (Å²) >= 11 is 7.79. The van der Waals surface area contributed by atoms with Gasteiger partial charge in [-0.3, -0.25) is 14.5 Å². The summed E-state index contributed by atoms with van der Waals surface area (Å²) < 4.78 is 0.273. The topological polar surface area (TPSA) is 107 Å². The smallest absolute Gasteiger partial charge is 0.339 e. The van der Waals surface area contributed by atoms with Gasteiger partial charge in [0.25, 0.3) is 5.91 Å². The third-order valence-electron chi connectivity index (χ3n) is 3.50. The largest absolute Gasteiger partial charge is 0.507 e. The summed E-state index contributed by atoms with van der Waals surface area (Å²) in [4.78, 5) is 38.3. The van der Waals surface area contributed by atoms with Gasteiger partial charge in [-0.1, -0.05) is 30.0 Å². The molecule has 0 saturated carbocycles. The van der Waals surface area contributed by atoms with Gasteiger partial charge in [-0.25, -0.2) is 4.79 Å². The Hall–Kier alpha value is -2.69. The number of aromatic hydroxyl groups is 1. The molecule has 0 aliphatic carbocycles. The first kappa shape index (κ1) is 19.1. The van der Waals surface area contributed by atoms with Gasteiger partial charge < -0.3 is 15.5 Å². The van der Waals surface area contributed by atoms with Gasteiger partial charge in [-0.2, -0.15) is 0 Å². The summed E-state index contributed by atoms with van der Waals surface area (Å²) in [6.07, 6.45) is 1.72. The zero-order valence-electron chi connectivity index (χ0n) is 13.5. The second kappa shape index (κ2) is 7.91. The SMILES string of the molecule is O=C(CN1C(=O)C(=Cc2cccs2)SC1=S)Nc1ccc(O)c(C(=O)O)c1. The Morgan fingerprint density at radius 2 is 2.07 bits per heavy atom. The van der Waals surface area contributed by atoms with E-state index in [1.54, 1.807) is 6.08 Å². The third kappa shape index (κ3) is 4.35. The molecule has 0 radical (unpaired) electrons. The zero-order chi connectivity index (χ0) is 19.6. The summed E-state index contributed by atoms with van der Waals surface area (Å²) in [5, 5.41) is 22.9. The number of carbonyl (C=O) groups excluding carboxylic acids is 2. The number of phenols is 1. The summed E-state index contributed by atoms with van der Waals surface area (Å²) in [6.45, 7) is -0.296. The second-order valence-electron chi connectivity index (χ2n) is 5.37. The Balaban J connectivity index is 1.69. The van der Waals surface area contributed by atoms with Crippen molar-refractivity contribution in [3.63, 3.8) is 0 Å². The van der Waals surface area contributed by atoms with E-state index >= 15 is 0 Å². The fraction of sp³-hybridized carbons (Fsp3) is 0.0588. The molecule has 1 saturated heterocycles. The normalized spacial score (nSPS) is 15.4. The van der Waals surface area contributed by atoms with E-state index in [9.17, 15) is 19.5 Å². The number of nitrogens with zero attached hydrogens (tertiary/aromatic N) is 1. The van der Waals surface area contributed by atoms with Gasteiger partial charge in [0.05, 0.1) is 4.91 Å². The summed E-state index contributed by atoms with van der Waals surface area (Å²) in [5.41, 5.74) is -0.146. The fourth-order valence-electron chi connectivity index (χ4n) is 2.27. The predicted octanol–water partition coefficient (Wildman–Crippen LogP) is 2.99. The fourth-order valence-corrected chi connectivity index (χ4v) is 4.25. The molecule has 0 bridgehead atoms. The molecule has 1 aromatic carbocycles. The summed E-state index contributed by atoms with van der Waals surface area (Å²) in [5.74, 6) is -2.62. The molecule has 27 heavy (non-hydrogen) atoms. The van der Waals surface area contributed by atoms with Crippen LogP contribution >= 0.6 is 35.3 Å². The average molecular weight is 420 g/mol. The number of amides is 2. The number of thioether (sulfide) groups is 1. The minimum atomic E-state index is -1.32. The number of benzene rings is 1. The Morgan fingerprint density at radius 1 is 1.30 bits per heavy atom. The lowest BCUT2D eigenvalue weighted by Gasteiger charge is -2.14. The van der Waals surface area contributed by atoms with Gasteiger partial charge in [0.15, 0.2) is 0 Å². The van der Waals surface area contributed by atoms with Crippen molar-refractivity contribution in [2.24, 2.45) is 0 Å². The minimum Gasteiger partial charge on any atom is -0.507 e. The number of thiophene rings is 1. The molecule has 2 heterocycles. The lowest BCUT2D eigenvalue weighted by Crippen LogP contribution is -2.36. The molecule has 1 aliphatic rings. The van der Waals surface area contributed by atoms with E-state index in [2.05, 4.69) is 5.32 Å². The molecule has 2 aromatic rings. The maximum Gasteiger partial charge on any atom is 0.339 e. The number of aromatic carboxylic acids is 1. The average Bonchev–Trinajstić information content (AvgIpc) is 3.21. The monoisotopic (exact) mass is 420 g/mol. The van der Waals surface area contributed by atoms with Gasteiger partial charge in [-0.15, -0.1) is 11.3 Å². The maximum atomic E-state index is 12.5. The molecule has 0 atom stereocenters. The third-order valence-corrected chi connectivity index (χ3v) is 5.70. The zero-order valence-corrected chi connectivity index (χ0v) is 16.0. The first-order chi connectivity index (χ1) is 12.8. The number of carboxylic acid groups (broad SMARTS) is 1. The lowest BCUT2D eigenvalue weighted by atomic mass is 10.2. The van der Waals surface area contributed by atoms with Crippen LogP contribution in [0.1, 0.15) is 15.2 Å². The van der Waals surface area contributed by atoms with Crippen molar-refractivity contribution < 1.29 is 24.6 Å². The second-order valence-corrected chi connectivity index (χ2v) is 8.02. The van der Waals surface area contributed by atoms with Crippen LogP contribution in [-0.2, 0) is 9.59 Å². The lowest BCUT2D eigenvalue weighted by molar-refractivity contribution is -0.126. The molecule has 138 valence electrons. The van der Waals surface area contributed by atoms with Crippen LogP contribution in [0.3, 0.4) is 0 Å². The van der Waals surface area contributed by atoms with Gasteiger partial charge in [0, 0.05) is 10.6 Å². The Bertz CT molecular complexity index is 969. The van der Waals surface area contributed by atoms with Crippen LogP contribution in [-0.4, -0.2) is 43.8 Å². The van der Waals surface area contributed by atoms with Crippen molar-refractivity contribution in [3.05, 3.63) is 51.1 Å². The number of nitrogens with one attached hydrogen (secondary N) is 1. The van der Waals surface area contributed by atoms with Gasteiger partial charge in [0.1, 0.15) is 22.2 Å². The summed E-state index contributed by atoms with van der Waals surface area (Å²) in [6, 6.07) is 7.40. The molecule has 0 unspecified atom stereocenters. The number of anilines is 1. The van der Waals surface area contributed by atoms with Crippen molar-refractivity contribution in [1.29, 1.82) is 0 Å². The van der Waals surface area contributed by atoms with E-state index in [1.807, 2.05) is 17.5 Å². The predicted molar refractivity (Wildman–Crippen MR) is 108 cm³/mol. The van der Waals surface area contributed by atoms with Crippen LogP contribution in [0.15, 0.2) is 40.6 Å². The van der Waals surface area contributed by atoms with Crippen LogP contribution in [0, 0.1) is 0 Å². The van der Waals surface area contributed by atoms with Crippen molar-refractivity contribution in [1.82, 2.24) is 4.90 Å². The van der Waals surface area contributed by atoms with Gasteiger partial charge in [0.2, 0.25) is 5.91 Å². The van der Waals surface area contributed by atoms with Crippen LogP contribution in [0.25, 0.3) is 6.08 Å². The molecular weight excluding hydrogens is 408 g/mol. The highest BCUT2D eigenvalue weighted by molar-refractivity contribution is 8.26. The highest BCUT2D eigenvalue weighted by Gasteiger charge is 2.33. The molecule has 10 heteroatoms. The van der Waals surface area contributed by atoms with Crippen molar-refractivity contribution in [2.45, 2.75) is 0 Å². The first-order valence-corrected chi connectivity index (χ1v) is 9.60. The van der Waals surface area contributed by atoms with E-state index < -0.39 is 17.6 Å². The van der Waals surface area contributed by atoms with Gasteiger partial charge in [-0.05, 0) is 35.7 Å². The Labute approximate surface area is 167 Å². The molecule has 2 amide bonds. The Kier molecular flexibility index (Phi) is 5.59. The number of thiocarbonyl (C=S) groups is 1. The van der Waals surface area contributed by atoms with E-state index in [1.165, 1.54) is 28.4 Å². The van der Waals surface area contributed by atoms with Crippen molar-refractivity contribution in [3.8, 4) is 5.75 Å². The highest BCUT2D eigenvalue weighted by atomic mass is 32.2. The molecule has 1 aromatic heterocycles. The van der Waals surface area contributed by atoms with Crippen molar-refractivity contribution >= 4 is 69.2 Å².